The largest absolute Gasteiger partial charge is 0.457 e. The van der Waals surface area contributed by atoms with E-state index in [0.717, 1.165) is 4.90 Å². The number of amides is 3. The second-order valence-electron chi connectivity index (χ2n) is 6.96. The number of furan rings is 1. The van der Waals surface area contributed by atoms with E-state index < -0.39 is 22.7 Å². The monoisotopic (exact) mass is 421 g/mol. The Balaban J connectivity index is 1.54. The van der Waals surface area contributed by atoms with Crippen LogP contribution in [-0.4, -0.2) is 21.8 Å². The standard InChI is InChI=1S/C22H16FN3O5/c1-13-10-16(26(29)30)6-8-18(13)20-9-7-17(31-20)11-19-21(27)25(22(28)24-19)12-14-2-4-15(23)5-3-14/h2-11H,12H2,1H3,(H,24,28). The quantitative estimate of drug-likeness (QED) is 0.285. The van der Waals surface area contributed by atoms with E-state index in [4.69, 9.17) is 4.42 Å². The van der Waals surface area contributed by atoms with Crippen LogP contribution in [0.5, 0.6) is 0 Å². The van der Waals surface area contributed by atoms with E-state index in [-0.39, 0.29) is 17.9 Å². The second-order valence-corrected chi connectivity index (χ2v) is 6.96. The lowest BCUT2D eigenvalue weighted by Gasteiger charge is -2.11. The number of nitrogens with one attached hydrogen (secondary N) is 1. The highest BCUT2D eigenvalue weighted by Crippen LogP contribution is 2.29. The predicted octanol–water partition coefficient (Wildman–Crippen LogP) is 4.40. The molecular weight excluding hydrogens is 405 g/mol. The zero-order chi connectivity index (χ0) is 22.1. The molecule has 1 aliphatic rings. The van der Waals surface area contributed by atoms with Gasteiger partial charge < -0.3 is 9.73 Å². The van der Waals surface area contributed by atoms with E-state index in [1.807, 2.05) is 0 Å². The number of benzene rings is 2. The Morgan fingerprint density at radius 2 is 1.87 bits per heavy atom. The van der Waals surface area contributed by atoms with Crippen LogP contribution >= 0.6 is 0 Å². The van der Waals surface area contributed by atoms with Gasteiger partial charge >= 0.3 is 6.03 Å². The molecule has 0 radical (unpaired) electrons. The lowest BCUT2D eigenvalue weighted by molar-refractivity contribution is -0.384. The summed E-state index contributed by atoms with van der Waals surface area (Å²) in [5, 5.41) is 13.4. The number of hydrogen-bond acceptors (Lipinski definition) is 5. The molecular formula is C22H16FN3O5. The van der Waals surface area contributed by atoms with Crippen molar-refractivity contribution >= 4 is 23.7 Å². The summed E-state index contributed by atoms with van der Waals surface area (Å²) in [4.78, 5) is 36.3. The molecule has 0 saturated carbocycles. The molecule has 4 rings (SSSR count). The first kappa shape index (κ1) is 20.0. The molecule has 8 nitrogen and oxygen atoms in total. The summed E-state index contributed by atoms with van der Waals surface area (Å²) in [5.41, 5.74) is 1.98. The molecule has 0 spiro atoms. The van der Waals surface area contributed by atoms with Crippen LogP contribution in [0.3, 0.4) is 0 Å². The molecule has 9 heteroatoms. The number of nitrogens with zero attached hydrogens (tertiary/aromatic N) is 2. The van der Waals surface area contributed by atoms with E-state index >= 15 is 0 Å². The van der Waals surface area contributed by atoms with Gasteiger partial charge in [-0.05, 0) is 48.4 Å². The number of nitro benzene ring substituents is 1. The van der Waals surface area contributed by atoms with E-state index in [0.29, 0.717) is 28.2 Å². The maximum absolute atomic E-state index is 13.1. The number of imide groups is 1. The molecule has 1 fully saturated rings. The molecule has 2 heterocycles. The van der Waals surface area contributed by atoms with Gasteiger partial charge in [-0.2, -0.15) is 0 Å². The van der Waals surface area contributed by atoms with Crippen LogP contribution in [0.25, 0.3) is 17.4 Å². The number of urea groups is 1. The molecule has 0 aliphatic carbocycles. The Morgan fingerprint density at radius 3 is 2.55 bits per heavy atom. The molecule has 0 unspecified atom stereocenters. The third-order valence-corrected chi connectivity index (χ3v) is 4.82. The molecule has 0 bridgehead atoms. The smallest absolute Gasteiger partial charge is 0.329 e. The number of rotatable bonds is 5. The number of aryl methyl sites for hydroxylation is 1. The summed E-state index contributed by atoms with van der Waals surface area (Å²) in [5.74, 6) is -0.128. The van der Waals surface area contributed by atoms with E-state index in [1.54, 1.807) is 25.1 Å². The zero-order valence-corrected chi connectivity index (χ0v) is 16.3. The van der Waals surface area contributed by atoms with Crippen LogP contribution < -0.4 is 5.32 Å². The average molecular weight is 421 g/mol. The van der Waals surface area contributed by atoms with Crippen LogP contribution in [0, 0.1) is 22.9 Å². The molecule has 3 amide bonds. The fraction of sp³-hybridized carbons (Fsp3) is 0.0909. The van der Waals surface area contributed by atoms with Crippen molar-refractivity contribution in [2.45, 2.75) is 13.5 Å². The van der Waals surface area contributed by atoms with Gasteiger partial charge in [0.25, 0.3) is 11.6 Å². The summed E-state index contributed by atoms with van der Waals surface area (Å²) in [6.07, 6.45) is 1.41. The Hall–Kier alpha value is -4.27. The number of carbonyl (C=O) groups excluding carboxylic acids is 2. The molecule has 0 atom stereocenters. The molecule has 156 valence electrons. The normalized spacial score (nSPS) is 14.9. The lowest BCUT2D eigenvalue weighted by Crippen LogP contribution is -2.30. The highest BCUT2D eigenvalue weighted by atomic mass is 19.1. The highest BCUT2D eigenvalue weighted by molar-refractivity contribution is 6.13. The van der Waals surface area contributed by atoms with Crippen molar-refractivity contribution in [1.29, 1.82) is 0 Å². The van der Waals surface area contributed by atoms with Gasteiger partial charge in [-0.3, -0.25) is 19.8 Å². The molecule has 3 aromatic rings. The first-order chi connectivity index (χ1) is 14.8. The molecule has 1 aromatic heterocycles. The van der Waals surface area contributed by atoms with Crippen molar-refractivity contribution in [3.8, 4) is 11.3 Å². The van der Waals surface area contributed by atoms with Gasteiger partial charge in [-0.1, -0.05) is 12.1 Å². The van der Waals surface area contributed by atoms with Crippen LogP contribution in [0.2, 0.25) is 0 Å². The Morgan fingerprint density at radius 1 is 1.13 bits per heavy atom. The summed E-state index contributed by atoms with van der Waals surface area (Å²) in [6, 6.07) is 12.7. The van der Waals surface area contributed by atoms with Gasteiger partial charge in [0.1, 0.15) is 23.0 Å². The van der Waals surface area contributed by atoms with E-state index in [2.05, 4.69) is 5.32 Å². The zero-order valence-electron chi connectivity index (χ0n) is 16.3. The topological polar surface area (TPSA) is 106 Å². The van der Waals surface area contributed by atoms with Crippen LogP contribution in [0.1, 0.15) is 16.9 Å². The second kappa shape index (κ2) is 7.86. The van der Waals surface area contributed by atoms with Gasteiger partial charge in [0.05, 0.1) is 11.5 Å². The van der Waals surface area contributed by atoms with Crippen molar-refractivity contribution in [3.63, 3.8) is 0 Å². The minimum absolute atomic E-state index is 0.00762. The van der Waals surface area contributed by atoms with Gasteiger partial charge in [-0.15, -0.1) is 0 Å². The highest BCUT2D eigenvalue weighted by Gasteiger charge is 2.33. The van der Waals surface area contributed by atoms with Crippen LogP contribution in [-0.2, 0) is 11.3 Å². The first-order valence-corrected chi connectivity index (χ1v) is 9.26. The molecule has 2 aromatic carbocycles. The molecule has 1 saturated heterocycles. The summed E-state index contributed by atoms with van der Waals surface area (Å²) < 4.78 is 18.8. The van der Waals surface area contributed by atoms with Gasteiger partial charge in [0, 0.05) is 23.8 Å². The number of hydrogen-bond donors (Lipinski definition) is 1. The molecule has 1 N–H and O–H groups in total. The number of halogens is 1. The van der Waals surface area contributed by atoms with Crippen molar-refractivity contribution in [3.05, 3.63) is 93.1 Å². The average Bonchev–Trinajstić information content (AvgIpc) is 3.29. The lowest BCUT2D eigenvalue weighted by atomic mass is 10.1. The summed E-state index contributed by atoms with van der Waals surface area (Å²) in [6.45, 7) is 1.74. The SMILES string of the molecule is Cc1cc([N+](=O)[O-])ccc1-c1ccc(C=C2NC(=O)N(Cc3ccc(F)cc3)C2=O)o1. The van der Waals surface area contributed by atoms with Crippen molar-refractivity contribution in [2.24, 2.45) is 0 Å². The van der Waals surface area contributed by atoms with Gasteiger partial charge in [0.2, 0.25) is 0 Å². The van der Waals surface area contributed by atoms with Crippen molar-refractivity contribution < 1.29 is 23.3 Å². The van der Waals surface area contributed by atoms with Crippen molar-refractivity contribution in [2.75, 3.05) is 0 Å². The summed E-state index contributed by atoms with van der Waals surface area (Å²) in [7, 11) is 0. The first-order valence-electron chi connectivity index (χ1n) is 9.26. The third-order valence-electron chi connectivity index (χ3n) is 4.82. The van der Waals surface area contributed by atoms with Crippen LogP contribution in [0.15, 0.2) is 64.7 Å². The molecule has 31 heavy (non-hydrogen) atoms. The molecule has 1 aliphatic heterocycles. The minimum Gasteiger partial charge on any atom is -0.457 e. The Bertz CT molecular complexity index is 1230. The Kier molecular flexibility index (Phi) is 5.08. The third kappa shape index (κ3) is 4.06. The van der Waals surface area contributed by atoms with E-state index in [1.165, 1.54) is 42.5 Å². The van der Waals surface area contributed by atoms with E-state index in [9.17, 15) is 24.1 Å². The Labute approximate surface area is 175 Å². The summed E-state index contributed by atoms with van der Waals surface area (Å²) >= 11 is 0. The number of carbonyl (C=O) groups is 2. The predicted molar refractivity (Wildman–Crippen MR) is 109 cm³/mol. The van der Waals surface area contributed by atoms with Gasteiger partial charge in [0.15, 0.2) is 0 Å². The maximum Gasteiger partial charge on any atom is 0.329 e. The maximum atomic E-state index is 13.1. The number of nitro groups is 1. The van der Waals surface area contributed by atoms with Crippen LogP contribution in [0.4, 0.5) is 14.9 Å². The number of non-ortho nitro benzene ring substituents is 1. The van der Waals surface area contributed by atoms with Crippen molar-refractivity contribution in [1.82, 2.24) is 10.2 Å². The minimum atomic E-state index is -0.585. The fourth-order valence-electron chi connectivity index (χ4n) is 3.24. The van der Waals surface area contributed by atoms with Gasteiger partial charge in [-0.25, -0.2) is 9.18 Å². The fourth-order valence-corrected chi connectivity index (χ4v) is 3.24.